The second-order valence-corrected chi connectivity index (χ2v) is 5.67. The van der Waals surface area contributed by atoms with Gasteiger partial charge >= 0.3 is 6.03 Å². The molecule has 1 aromatic carbocycles. The number of aryl methyl sites for hydroxylation is 1. The summed E-state index contributed by atoms with van der Waals surface area (Å²) in [5.41, 5.74) is 0.955. The van der Waals surface area contributed by atoms with Crippen LogP contribution in [0.4, 0.5) is 9.18 Å². The third-order valence-corrected chi connectivity index (χ3v) is 3.83. The first kappa shape index (κ1) is 16.3. The van der Waals surface area contributed by atoms with E-state index in [1.165, 1.54) is 12.1 Å². The van der Waals surface area contributed by atoms with Crippen LogP contribution in [0.2, 0.25) is 0 Å². The zero-order chi connectivity index (χ0) is 16.1. The summed E-state index contributed by atoms with van der Waals surface area (Å²) in [6.45, 7) is 2.28. The van der Waals surface area contributed by atoms with E-state index in [0.717, 1.165) is 5.56 Å². The SMILES string of the molecule is CN(C)C(=O)N1CCN(C(=O)CCc2ccc(F)cc2)CC1. The van der Waals surface area contributed by atoms with Gasteiger partial charge in [-0.05, 0) is 24.1 Å². The predicted molar refractivity (Wildman–Crippen MR) is 82.0 cm³/mol. The smallest absolute Gasteiger partial charge is 0.319 e. The first-order chi connectivity index (χ1) is 10.5. The molecule has 0 aromatic heterocycles. The molecule has 0 saturated carbocycles. The van der Waals surface area contributed by atoms with E-state index in [9.17, 15) is 14.0 Å². The minimum absolute atomic E-state index is 0.0154. The second kappa shape index (κ2) is 7.24. The lowest BCUT2D eigenvalue weighted by Crippen LogP contribution is -2.52. The first-order valence-corrected chi connectivity index (χ1v) is 7.46. The number of hydrogen-bond donors (Lipinski definition) is 0. The summed E-state index contributed by atoms with van der Waals surface area (Å²) in [5, 5.41) is 0. The summed E-state index contributed by atoms with van der Waals surface area (Å²) < 4.78 is 12.8. The normalized spacial score (nSPS) is 14.9. The molecule has 1 saturated heterocycles. The van der Waals surface area contributed by atoms with Crippen molar-refractivity contribution in [3.05, 3.63) is 35.6 Å². The minimum Gasteiger partial charge on any atom is -0.339 e. The molecule has 3 amide bonds. The van der Waals surface area contributed by atoms with Crippen molar-refractivity contribution in [3.63, 3.8) is 0 Å². The fourth-order valence-corrected chi connectivity index (χ4v) is 2.49. The Hall–Kier alpha value is -2.11. The third kappa shape index (κ3) is 4.19. The van der Waals surface area contributed by atoms with E-state index >= 15 is 0 Å². The van der Waals surface area contributed by atoms with Crippen molar-refractivity contribution < 1.29 is 14.0 Å². The fourth-order valence-electron chi connectivity index (χ4n) is 2.49. The average Bonchev–Trinajstić information content (AvgIpc) is 2.53. The topological polar surface area (TPSA) is 43.9 Å². The maximum absolute atomic E-state index is 12.8. The number of urea groups is 1. The predicted octanol–water partition coefficient (Wildman–Crippen LogP) is 1.58. The van der Waals surface area contributed by atoms with E-state index in [1.54, 1.807) is 40.9 Å². The van der Waals surface area contributed by atoms with E-state index in [4.69, 9.17) is 0 Å². The molecule has 1 aliphatic rings. The van der Waals surface area contributed by atoms with Gasteiger partial charge in [0.2, 0.25) is 5.91 Å². The molecule has 1 heterocycles. The molecule has 5 nitrogen and oxygen atoms in total. The number of nitrogens with zero attached hydrogens (tertiary/aromatic N) is 3. The monoisotopic (exact) mass is 307 g/mol. The molecule has 22 heavy (non-hydrogen) atoms. The second-order valence-electron chi connectivity index (χ2n) is 5.67. The molecule has 0 unspecified atom stereocenters. The molecule has 1 fully saturated rings. The van der Waals surface area contributed by atoms with E-state index < -0.39 is 0 Å². The van der Waals surface area contributed by atoms with Crippen molar-refractivity contribution in [2.75, 3.05) is 40.3 Å². The summed E-state index contributed by atoms with van der Waals surface area (Å²) in [6, 6.07) is 6.21. The van der Waals surface area contributed by atoms with Crippen LogP contribution in [0.15, 0.2) is 24.3 Å². The highest BCUT2D eigenvalue weighted by molar-refractivity contribution is 5.77. The minimum atomic E-state index is -0.267. The molecule has 0 radical (unpaired) electrons. The zero-order valence-electron chi connectivity index (χ0n) is 13.1. The molecule has 0 atom stereocenters. The van der Waals surface area contributed by atoms with E-state index in [0.29, 0.717) is 39.0 Å². The Kier molecular flexibility index (Phi) is 5.35. The molecule has 120 valence electrons. The van der Waals surface area contributed by atoms with Gasteiger partial charge < -0.3 is 14.7 Å². The van der Waals surface area contributed by atoms with Gasteiger partial charge in [0.25, 0.3) is 0 Å². The molecule has 1 aromatic rings. The maximum atomic E-state index is 12.8. The number of hydrogen-bond acceptors (Lipinski definition) is 2. The van der Waals surface area contributed by atoms with Gasteiger partial charge in [0.05, 0.1) is 0 Å². The molecule has 2 rings (SSSR count). The largest absolute Gasteiger partial charge is 0.339 e. The van der Waals surface area contributed by atoms with E-state index in [-0.39, 0.29) is 17.8 Å². The van der Waals surface area contributed by atoms with Crippen LogP contribution in [0.3, 0.4) is 0 Å². The van der Waals surface area contributed by atoms with Crippen LogP contribution in [0, 0.1) is 5.82 Å². The lowest BCUT2D eigenvalue weighted by molar-refractivity contribution is -0.132. The highest BCUT2D eigenvalue weighted by Crippen LogP contribution is 2.09. The number of amides is 3. The number of piperazine rings is 1. The molecule has 0 bridgehead atoms. The molecule has 0 N–H and O–H groups in total. The Morgan fingerprint density at radius 2 is 1.59 bits per heavy atom. The summed E-state index contributed by atoms with van der Waals surface area (Å²) in [6.07, 6.45) is 1.02. The zero-order valence-corrected chi connectivity index (χ0v) is 13.1. The van der Waals surface area contributed by atoms with Crippen LogP contribution in [-0.2, 0) is 11.2 Å². The quantitative estimate of drug-likeness (QED) is 0.851. The van der Waals surface area contributed by atoms with E-state index in [2.05, 4.69) is 0 Å². The molecule has 0 aliphatic carbocycles. The summed E-state index contributed by atoms with van der Waals surface area (Å²) in [7, 11) is 3.45. The Morgan fingerprint density at radius 1 is 1.05 bits per heavy atom. The van der Waals surface area contributed by atoms with Crippen molar-refractivity contribution in [2.45, 2.75) is 12.8 Å². The van der Waals surface area contributed by atoms with Crippen molar-refractivity contribution in [1.82, 2.24) is 14.7 Å². The fraction of sp³-hybridized carbons (Fsp3) is 0.500. The maximum Gasteiger partial charge on any atom is 0.319 e. The number of rotatable bonds is 3. The third-order valence-electron chi connectivity index (χ3n) is 3.83. The lowest BCUT2D eigenvalue weighted by Gasteiger charge is -2.36. The Labute approximate surface area is 130 Å². The lowest BCUT2D eigenvalue weighted by atomic mass is 10.1. The Bertz CT molecular complexity index is 523. The molecule has 1 aliphatic heterocycles. The van der Waals surface area contributed by atoms with Gasteiger partial charge in [-0.15, -0.1) is 0 Å². The average molecular weight is 307 g/mol. The van der Waals surface area contributed by atoms with Gasteiger partial charge in [0.1, 0.15) is 5.82 Å². The molecule has 0 spiro atoms. The number of halogens is 1. The highest BCUT2D eigenvalue weighted by atomic mass is 19.1. The summed E-state index contributed by atoms with van der Waals surface area (Å²) >= 11 is 0. The highest BCUT2D eigenvalue weighted by Gasteiger charge is 2.24. The summed E-state index contributed by atoms with van der Waals surface area (Å²) in [4.78, 5) is 29.1. The van der Waals surface area contributed by atoms with Gasteiger partial charge in [0.15, 0.2) is 0 Å². The van der Waals surface area contributed by atoms with Crippen molar-refractivity contribution in [2.24, 2.45) is 0 Å². The standard InChI is InChI=1S/C16H22FN3O2/c1-18(2)16(22)20-11-9-19(10-12-20)15(21)8-5-13-3-6-14(17)7-4-13/h3-4,6-7H,5,8-12H2,1-2H3. The molecular formula is C16H22FN3O2. The number of benzene rings is 1. The van der Waals surface area contributed by atoms with E-state index in [1.807, 2.05) is 0 Å². The van der Waals surface area contributed by atoms with Gasteiger partial charge in [-0.25, -0.2) is 9.18 Å². The van der Waals surface area contributed by atoms with Crippen LogP contribution in [0.25, 0.3) is 0 Å². The van der Waals surface area contributed by atoms with Crippen LogP contribution in [0.1, 0.15) is 12.0 Å². The number of carbonyl (C=O) groups excluding carboxylic acids is 2. The molecule has 6 heteroatoms. The van der Waals surface area contributed by atoms with Crippen molar-refractivity contribution in [1.29, 1.82) is 0 Å². The van der Waals surface area contributed by atoms with Gasteiger partial charge in [0, 0.05) is 46.7 Å². The van der Waals surface area contributed by atoms with Crippen LogP contribution >= 0.6 is 0 Å². The van der Waals surface area contributed by atoms with Gasteiger partial charge in [-0.1, -0.05) is 12.1 Å². The van der Waals surface area contributed by atoms with Crippen LogP contribution < -0.4 is 0 Å². The Balaban J connectivity index is 1.77. The van der Waals surface area contributed by atoms with Gasteiger partial charge in [-0.2, -0.15) is 0 Å². The van der Waals surface area contributed by atoms with Crippen molar-refractivity contribution in [3.8, 4) is 0 Å². The Morgan fingerprint density at radius 3 is 2.14 bits per heavy atom. The first-order valence-electron chi connectivity index (χ1n) is 7.46. The summed E-state index contributed by atoms with van der Waals surface area (Å²) in [5.74, 6) is -0.182. The molecular weight excluding hydrogens is 285 g/mol. The number of carbonyl (C=O) groups is 2. The van der Waals surface area contributed by atoms with Crippen LogP contribution in [0.5, 0.6) is 0 Å². The van der Waals surface area contributed by atoms with Crippen molar-refractivity contribution >= 4 is 11.9 Å². The van der Waals surface area contributed by atoms with Gasteiger partial charge in [-0.3, -0.25) is 4.79 Å². The van der Waals surface area contributed by atoms with Crippen LogP contribution in [-0.4, -0.2) is 66.9 Å².